The Balaban J connectivity index is 1.16. The molecule has 198 valence electrons. The predicted molar refractivity (Wildman–Crippen MR) is 155 cm³/mol. The van der Waals surface area contributed by atoms with E-state index in [1.807, 2.05) is 48.5 Å². The molecule has 0 saturated heterocycles. The van der Waals surface area contributed by atoms with Crippen LogP contribution in [0.15, 0.2) is 77.7 Å². The Bertz CT molecular complexity index is 1490. The molecule has 7 nitrogen and oxygen atoms in total. The molecule has 1 saturated carbocycles. The van der Waals surface area contributed by atoms with Gasteiger partial charge in [-0.3, -0.25) is 0 Å². The van der Waals surface area contributed by atoms with Gasteiger partial charge in [0.15, 0.2) is 0 Å². The predicted octanol–water partition coefficient (Wildman–Crippen LogP) is 6.88. The number of sulfonamides is 1. The molecule has 0 amide bonds. The Hall–Kier alpha value is -2.91. The molecule has 4 aromatic rings. The number of halogens is 2. The summed E-state index contributed by atoms with van der Waals surface area (Å²) in [5, 5.41) is 8.95. The van der Waals surface area contributed by atoms with Gasteiger partial charge in [-0.1, -0.05) is 35.3 Å². The van der Waals surface area contributed by atoms with Crippen molar-refractivity contribution in [3.8, 4) is 0 Å². The smallest absolute Gasteiger partial charge is 0.240 e. The van der Waals surface area contributed by atoms with E-state index < -0.39 is 10.0 Å². The Morgan fingerprint density at radius 2 is 1.37 bits per heavy atom. The maximum Gasteiger partial charge on any atom is 0.240 e. The van der Waals surface area contributed by atoms with Gasteiger partial charge >= 0.3 is 0 Å². The summed E-state index contributed by atoms with van der Waals surface area (Å²) < 4.78 is 27.9. The van der Waals surface area contributed by atoms with Crippen LogP contribution in [0.5, 0.6) is 0 Å². The average Bonchev–Trinajstić information content (AvgIpc) is 2.93. The first-order valence-corrected chi connectivity index (χ1v) is 14.9. The number of nitrogens with zero attached hydrogens (tertiary/aromatic N) is 2. The Morgan fingerprint density at radius 1 is 0.763 bits per heavy atom. The molecule has 10 heteroatoms. The van der Waals surface area contributed by atoms with E-state index in [1.165, 1.54) is 12.1 Å². The molecule has 1 fully saturated rings. The van der Waals surface area contributed by atoms with Crippen LogP contribution in [0.4, 0.5) is 17.5 Å². The molecule has 5 rings (SSSR count). The van der Waals surface area contributed by atoms with Gasteiger partial charge in [0.05, 0.1) is 10.4 Å². The number of hydrogen-bond donors (Lipinski definition) is 3. The fourth-order valence-electron chi connectivity index (χ4n) is 4.72. The first-order chi connectivity index (χ1) is 18.4. The van der Waals surface area contributed by atoms with Crippen molar-refractivity contribution in [1.82, 2.24) is 14.7 Å². The summed E-state index contributed by atoms with van der Waals surface area (Å²) in [4.78, 5) is 9.71. The van der Waals surface area contributed by atoms with Crippen molar-refractivity contribution in [3.63, 3.8) is 0 Å². The molecule has 1 heterocycles. The summed E-state index contributed by atoms with van der Waals surface area (Å²) in [6, 6.07) is 21.7. The van der Waals surface area contributed by atoms with Gasteiger partial charge in [0.2, 0.25) is 16.0 Å². The third-order valence-electron chi connectivity index (χ3n) is 6.91. The van der Waals surface area contributed by atoms with Crippen LogP contribution in [0.1, 0.15) is 25.7 Å². The van der Waals surface area contributed by atoms with Crippen LogP contribution in [-0.2, 0) is 10.0 Å². The van der Waals surface area contributed by atoms with Crippen molar-refractivity contribution in [2.45, 2.75) is 30.6 Å². The zero-order valence-corrected chi connectivity index (χ0v) is 23.0. The zero-order chi connectivity index (χ0) is 26.5. The molecule has 38 heavy (non-hydrogen) atoms. The van der Waals surface area contributed by atoms with E-state index in [9.17, 15) is 8.42 Å². The number of rotatable bonds is 9. The molecule has 0 aliphatic heterocycles. The largest absolute Gasteiger partial charge is 0.354 e. The van der Waals surface area contributed by atoms with Crippen molar-refractivity contribution in [1.29, 1.82) is 0 Å². The summed E-state index contributed by atoms with van der Waals surface area (Å²) in [5.74, 6) is 2.11. The number of fused-ring (bicyclic) bond motifs is 1. The second kappa shape index (κ2) is 11.9. The van der Waals surface area contributed by atoms with Crippen LogP contribution in [0.3, 0.4) is 0 Å². The van der Waals surface area contributed by atoms with Crippen molar-refractivity contribution < 1.29 is 8.42 Å². The molecular weight excluding hydrogens is 541 g/mol. The average molecular weight is 571 g/mol. The number of hydrogen-bond acceptors (Lipinski definition) is 6. The van der Waals surface area contributed by atoms with Gasteiger partial charge in [0, 0.05) is 34.2 Å². The second-order valence-corrected chi connectivity index (χ2v) is 12.3. The highest BCUT2D eigenvalue weighted by atomic mass is 35.5. The molecule has 0 bridgehead atoms. The van der Waals surface area contributed by atoms with E-state index in [-0.39, 0.29) is 4.90 Å². The monoisotopic (exact) mass is 569 g/mol. The SMILES string of the molecule is O=S(=O)(NCC1CCC(CNc2nc(Nc3ccc(Cl)cc3)c3ccccc3n2)CC1)c1ccc(Cl)cc1. The van der Waals surface area contributed by atoms with Crippen LogP contribution in [-0.4, -0.2) is 31.5 Å². The van der Waals surface area contributed by atoms with Crippen LogP contribution in [0, 0.1) is 11.8 Å². The molecular formula is C28H29Cl2N5O2S. The van der Waals surface area contributed by atoms with E-state index in [0.717, 1.165) is 54.6 Å². The van der Waals surface area contributed by atoms with Crippen molar-refractivity contribution >= 4 is 61.6 Å². The highest BCUT2D eigenvalue weighted by Gasteiger charge is 2.23. The summed E-state index contributed by atoms with van der Waals surface area (Å²) in [6.45, 7) is 1.21. The van der Waals surface area contributed by atoms with Crippen LogP contribution >= 0.6 is 23.2 Å². The maximum atomic E-state index is 12.6. The zero-order valence-electron chi connectivity index (χ0n) is 20.7. The van der Waals surface area contributed by atoms with E-state index in [1.54, 1.807) is 12.1 Å². The number of aromatic nitrogens is 2. The lowest BCUT2D eigenvalue weighted by atomic mass is 9.82. The summed E-state index contributed by atoms with van der Waals surface area (Å²) in [7, 11) is -3.53. The Labute approximate surface area is 233 Å². The molecule has 1 aromatic heterocycles. The first kappa shape index (κ1) is 26.7. The second-order valence-electron chi connectivity index (χ2n) is 9.62. The van der Waals surface area contributed by atoms with Crippen LogP contribution < -0.4 is 15.4 Å². The van der Waals surface area contributed by atoms with E-state index in [2.05, 4.69) is 15.4 Å². The fraction of sp³-hybridized carbons (Fsp3) is 0.286. The van der Waals surface area contributed by atoms with Gasteiger partial charge in [-0.15, -0.1) is 0 Å². The summed E-state index contributed by atoms with van der Waals surface area (Å²) in [6.07, 6.45) is 3.97. The van der Waals surface area contributed by atoms with Gasteiger partial charge in [-0.25, -0.2) is 18.1 Å². The van der Waals surface area contributed by atoms with E-state index in [4.69, 9.17) is 33.2 Å². The number of benzene rings is 3. The van der Waals surface area contributed by atoms with Gasteiger partial charge in [-0.05, 0) is 98.2 Å². The molecule has 1 aliphatic rings. The van der Waals surface area contributed by atoms with Gasteiger partial charge in [0.1, 0.15) is 5.82 Å². The third kappa shape index (κ3) is 6.74. The van der Waals surface area contributed by atoms with Gasteiger partial charge in [0.25, 0.3) is 0 Å². The summed E-state index contributed by atoms with van der Waals surface area (Å²) >= 11 is 11.9. The first-order valence-electron chi connectivity index (χ1n) is 12.6. The van der Waals surface area contributed by atoms with Crippen LogP contribution in [0.2, 0.25) is 10.0 Å². The molecule has 0 spiro atoms. The minimum absolute atomic E-state index is 0.236. The number of nitrogens with one attached hydrogen (secondary N) is 3. The van der Waals surface area contributed by atoms with Gasteiger partial charge in [-0.2, -0.15) is 4.98 Å². The molecule has 3 N–H and O–H groups in total. The molecule has 1 aliphatic carbocycles. The van der Waals surface area contributed by atoms with E-state index in [0.29, 0.717) is 34.4 Å². The lowest BCUT2D eigenvalue weighted by Gasteiger charge is -2.28. The topological polar surface area (TPSA) is 96.0 Å². The standard InChI is InChI=1S/C28H29Cl2N5O2S/c29-21-9-13-23(14-10-21)33-27-25-3-1-2-4-26(25)34-28(35-27)31-17-19-5-7-20(8-6-19)18-32-38(36,37)24-15-11-22(30)12-16-24/h1-4,9-16,19-20,32H,5-8,17-18H2,(H2,31,33,34,35). The Morgan fingerprint density at radius 3 is 2.05 bits per heavy atom. The molecule has 0 atom stereocenters. The minimum Gasteiger partial charge on any atom is -0.354 e. The lowest BCUT2D eigenvalue weighted by molar-refractivity contribution is 0.284. The Kier molecular flexibility index (Phi) is 8.33. The van der Waals surface area contributed by atoms with Crippen molar-refractivity contribution in [2.24, 2.45) is 11.8 Å². The van der Waals surface area contributed by atoms with Gasteiger partial charge < -0.3 is 10.6 Å². The minimum atomic E-state index is -3.53. The summed E-state index contributed by atoms with van der Waals surface area (Å²) in [5.41, 5.74) is 1.76. The van der Waals surface area contributed by atoms with Crippen molar-refractivity contribution in [2.75, 3.05) is 23.7 Å². The fourth-order valence-corrected chi connectivity index (χ4v) is 6.09. The molecule has 0 radical (unpaired) electrons. The lowest BCUT2D eigenvalue weighted by Crippen LogP contribution is -2.32. The number of para-hydroxylation sites is 1. The van der Waals surface area contributed by atoms with E-state index >= 15 is 0 Å². The normalized spacial score (nSPS) is 17.8. The van der Waals surface area contributed by atoms with Crippen LogP contribution in [0.25, 0.3) is 10.9 Å². The highest BCUT2D eigenvalue weighted by molar-refractivity contribution is 7.89. The molecule has 0 unspecified atom stereocenters. The molecule has 3 aromatic carbocycles. The maximum absolute atomic E-state index is 12.6. The van der Waals surface area contributed by atoms with Crippen molar-refractivity contribution in [3.05, 3.63) is 82.8 Å². The third-order valence-corrected chi connectivity index (χ3v) is 8.85. The highest BCUT2D eigenvalue weighted by Crippen LogP contribution is 2.30. The number of anilines is 3. The quantitative estimate of drug-likeness (QED) is 0.203.